The molecule has 12 nitrogen and oxygen atoms in total. The van der Waals surface area contributed by atoms with Crippen molar-refractivity contribution >= 4 is 40.4 Å². The predicted octanol–water partition coefficient (Wildman–Crippen LogP) is 4.25. The second kappa shape index (κ2) is 13.8. The highest BCUT2D eigenvalue weighted by molar-refractivity contribution is 6.36. The smallest absolute Gasteiger partial charge is 0.408 e. The molecule has 7 rings (SSSR count). The van der Waals surface area contributed by atoms with Gasteiger partial charge in [-0.3, -0.25) is 19.5 Å². The molecule has 3 heterocycles. The topological polar surface area (TPSA) is 146 Å². The lowest BCUT2D eigenvalue weighted by Crippen LogP contribution is -2.57. The van der Waals surface area contributed by atoms with Gasteiger partial charge in [0.2, 0.25) is 11.8 Å². The lowest BCUT2D eigenvalue weighted by molar-refractivity contribution is -0.141. The number of aromatic nitrogens is 1. The predicted molar refractivity (Wildman–Crippen MR) is 183 cm³/mol. The van der Waals surface area contributed by atoms with Crippen molar-refractivity contribution in [2.24, 2.45) is 23.0 Å². The summed E-state index contributed by atoms with van der Waals surface area (Å²) in [4.78, 5) is 48.5. The van der Waals surface area contributed by atoms with Crippen LogP contribution >= 0.6 is 11.6 Å². The van der Waals surface area contributed by atoms with E-state index in [9.17, 15) is 14.4 Å². The number of likely N-dealkylation sites (tertiary alicyclic amines) is 1. The van der Waals surface area contributed by atoms with Gasteiger partial charge in [-0.1, -0.05) is 32.4 Å². The van der Waals surface area contributed by atoms with Crippen molar-refractivity contribution in [2.45, 2.75) is 89.5 Å². The number of carbonyl (C=O) groups is 3. The number of primary amides is 1. The van der Waals surface area contributed by atoms with Crippen LogP contribution in [0.4, 0.5) is 4.79 Å². The number of pyridine rings is 1. The number of morpholine rings is 1. The summed E-state index contributed by atoms with van der Waals surface area (Å²) in [5.74, 6) is 1.76. The average molecular weight is 698 g/mol. The van der Waals surface area contributed by atoms with E-state index >= 15 is 0 Å². The first-order chi connectivity index (χ1) is 23.4. The van der Waals surface area contributed by atoms with Gasteiger partial charge < -0.3 is 34.9 Å². The number of alkyl carbamates (subject to hydrolysis) is 1. The molecule has 3 saturated carbocycles. The molecule has 13 heteroatoms. The van der Waals surface area contributed by atoms with Gasteiger partial charge in [-0.2, -0.15) is 0 Å². The minimum absolute atomic E-state index is 0.121. The zero-order valence-electron chi connectivity index (χ0n) is 28.6. The van der Waals surface area contributed by atoms with E-state index in [0.29, 0.717) is 46.4 Å². The summed E-state index contributed by atoms with van der Waals surface area (Å²) in [5, 5.41) is 3.96. The van der Waals surface area contributed by atoms with Gasteiger partial charge in [-0.25, -0.2) is 4.79 Å². The molecular weight excluding hydrogens is 650 g/mol. The summed E-state index contributed by atoms with van der Waals surface area (Å²) in [6, 6.07) is 3.85. The number of halogens is 1. The third-order valence-corrected chi connectivity index (χ3v) is 11.0. The lowest BCUT2D eigenvalue weighted by atomic mass is 9.85. The Bertz CT molecular complexity index is 1580. The van der Waals surface area contributed by atoms with Crippen LogP contribution in [0.25, 0.3) is 10.9 Å². The maximum Gasteiger partial charge on any atom is 0.408 e. The van der Waals surface area contributed by atoms with E-state index < -0.39 is 41.5 Å². The quantitative estimate of drug-likeness (QED) is 0.352. The molecule has 1 aromatic heterocycles. The molecule has 3 amide bonds. The summed E-state index contributed by atoms with van der Waals surface area (Å²) in [6.07, 6.45) is 3.99. The summed E-state index contributed by atoms with van der Waals surface area (Å²) in [7, 11) is 0. The molecule has 6 atom stereocenters. The first-order valence-electron chi connectivity index (χ1n) is 17.7. The molecule has 2 aliphatic heterocycles. The van der Waals surface area contributed by atoms with Crippen molar-refractivity contribution < 1.29 is 33.3 Å². The highest BCUT2D eigenvalue weighted by Crippen LogP contribution is 2.52. The highest BCUT2D eigenvalue weighted by atomic mass is 35.5. The van der Waals surface area contributed by atoms with Crippen LogP contribution in [0.2, 0.25) is 5.02 Å². The third-order valence-electron chi connectivity index (χ3n) is 10.6. The Morgan fingerprint density at radius 2 is 1.80 bits per heavy atom. The number of nitrogens with one attached hydrogen (secondary N) is 1. The van der Waals surface area contributed by atoms with Crippen molar-refractivity contribution in [3.05, 3.63) is 28.9 Å². The molecular formula is C36H48ClN5O7. The number of benzene rings is 1. The molecule has 0 spiro atoms. The number of nitrogens with zero attached hydrogens (tertiary/aromatic N) is 3. The van der Waals surface area contributed by atoms with Gasteiger partial charge in [0, 0.05) is 49.1 Å². The van der Waals surface area contributed by atoms with Gasteiger partial charge in [-0.15, -0.1) is 0 Å². The van der Waals surface area contributed by atoms with Crippen molar-refractivity contribution in [3.63, 3.8) is 0 Å². The molecule has 2 saturated heterocycles. The van der Waals surface area contributed by atoms with Crippen molar-refractivity contribution in [2.75, 3.05) is 46.0 Å². The maximum absolute atomic E-state index is 14.1. The van der Waals surface area contributed by atoms with Gasteiger partial charge in [0.1, 0.15) is 47.4 Å². The summed E-state index contributed by atoms with van der Waals surface area (Å²) in [5.41, 5.74) is 6.68. The van der Waals surface area contributed by atoms with E-state index in [1.165, 1.54) is 11.3 Å². The van der Waals surface area contributed by atoms with E-state index in [0.717, 1.165) is 69.6 Å². The van der Waals surface area contributed by atoms with E-state index in [4.69, 9.17) is 41.3 Å². The average Bonchev–Trinajstić information content (AvgIpc) is 3.97. The monoisotopic (exact) mass is 697 g/mol. The van der Waals surface area contributed by atoms with E-state index in [1.54, 1.807) is 0 Å². The Morgan fingerprint density at radius 3 is 2.47 bits per heavy atom. The van der Waals surface area contributed by atoms with Gasteiger partial charge in [0.15, 0.2) is 0 Å². The fourth-order valence-corrected chi connectivity index (χ4v) is 7.84. The molecule has 5 fully saturated rings. The Morgan fingerprint density at radius 1 is 1.06 bits per heavy atom. The first kappa shape index (κ1) is 34.1. The highest BCUT2D eigenvalue weighted by Gasteiger charge is 2.48. The zero-order chi connectivity index (χ0) is 34.4. The minimum Gasteiger partial charge on any atom is -0.491 e. The Kier molecular flexibility index (Phi) is 9.58. The summed E-state index contributed by atoms with van der Waals surface area (Å²) >= 11 is 6.92. The number of hydrogen-bond acceptors (Lipinski definition) is 9. The third kappa shape index (κ3) is 7.71. The van der Waals surface area contributed by atoms with Crippen molar-refractivity contribution in [1.82, 2.24) is 20.1 Å². The second-order valence-electron chi connectivity index (χ2n) is 15.5. The van der Waals surface area contributed by atoms with E-state index in [1.807, 2.05) is 39.0 Å². The Labute approximate surface area is 292 Å². The number of amides is 3. The molecule has 0 radical (unpaired) electrons. The molecule has 2 aromatic rings. The number of carbonyl (C=O) groups excluding carboxylic acids is 3. The fraction of sp³-hybridized carbons (Fsp3) is 0.667. The number of rotatable bonds is 11. The van der Waals surface area contributed by atoms with Crippen LogP contribution in [0.3, 0.4) is 0 Å². The fourth-order valence-electron chi connectivity index (χ4n) is 7.58. The van der Waals surface area contributed by atoms with Crippen LogP contribution in [0.15, 0.2) is 18.2 Å². The molecule has 3 aliphatic carbocycles. The number of hydrogen-bond donors (Lipinski definition) is 2. The van der Waals surface area contributed by atoms with Gasteiger partial charge in [0.25, 0.3) is 0 Å². The van der Waals surface area contributed by atoms with E-state index in [-0.39, 0.29) is 19.1 Å². The van der Waals surface area contributed by atoms with Gasteiger partial charge in [0.05, 0.1) is 25.3 Å². The van der Waals surface area contributed by atoms with Gasteiger partial charge in [-0.05, 0) is 61.5 Å². The Hall–Kier alpha value is -3.35. The minimum atomic E-state index is -0.930. The zero-order valence-corrected chi connectivity index (χ0v) is 29.4. The van der Waals surface area contributed by atoms with Crippen LogP contribution in [-0.4, -0.2) is 103 Å². The molecule has 266 valence electrons. The Balaban J connectivity index is 1.07. The van der Waals surface area contributed by atoms with Crippen molar-refractivity contribution in [3.8, 4) is 11.5 Å². The lowest BCUT2D eigenvalue weighted by Gasteiger charge is -2.35. The van der Waals surface area contributed by atoms with Crippen LogP contribution in [0.5, 0.6) is 11.5 Å². The largest absolute Gasteiger partial charge is 0.491 e. The van der Waals surface area contributed by atoms with Crippen LogP contribution in [-0.2, 0) is 19.1 Å². The van der Waals surface area contributed by atoms with Crippen LogP contribution in [0, 0.1) is 17.3 Å². The first-order valence-corrected chi connectivity index (χ1v) is 18.1. The van der Waals surface area contributed by atoms with E-state index in [2.05, 4.69) is 10.2 Å². The van der Waals surface area contributed by atoms with Gasteiger partial charge >= 0.3 is 6.09 Å². The number of nitrogens with two attached hydrogens (primary N) is 1. The normalized spacial score (nSPS) is 27.4. The van der Waals surface area contributed by atoms with Crippen LogP contribution < -0.4 is 20.5 Å². The molecule has 3 N–H and O–H groups in total. The standard InChI is InChI=1S/C36H48ClN5O7/c1-36(2,3)32(40-35(45)49-23-15-21-14-22(21)16-23)34(44)42-19-24(17-27(42)33(38)43)48-29-18-26(20-4-5-20)39-31-25(29)6-7-28(30(31)37)47-13-10-41-8-11-46-12-9-41/h6-7,18,20-24,27,32H,4-5,8-17,19H2,1-3H3,(H2,38,43)(H,40,45)/t21-,22+,23+,24?,27-,32+/m0/s1. The number of ether oxygens (including phenoxy) is 4. The molecule has 49 heavy (non-hydrogen) atoms. The summed E-state index contributed by atoms with van der Waals surface area (Å²) < 4.78 is 23.8. The molecule has 5 aliphatic rings. The number of fused-ring (bicyclic) bond motifs is 2. The SMILES string of the molecule is CC(C)(C)[C@H](NC(=O)O[C@@H]1C[C@@H]2C[C@@H]2C1)C(=O)N1CC(Oc2cc(C3CC3)nc3c(Cl)c(OCCN4CCOCC4)ccc23)C[C@H]1C(N)=O. The second-order valence-corrected chi connectivity index (χ2v) is 15.9. The molecule has 1 aromatic carbocycles. The maximum atomic E-state index is 14.1. The molecule has 1 unspecified atom stereocenters. The molecule has 0 bridgehead atoms. The summed E-state index contributed by atoms with van der Waals surface area (Å²) in [6.45, 7) is 10.2. The van der Waals surface area contributed by atoms with Crippen molar-refractivity contribution in [1.29, 1.82) is 0 Å². The van der Waals surface area contributed by atoms with Crippen LogP contribution in [0.1, 0.15) is 70.9 Å².